The van der Waals surface area contributed by atoms with Crippen molar-refractivity contribution in [3.05, 3.63) is 35.2 Å². The summed E-state index contributed by atoms with van der Waals surface area (Å²) in [5.41, 5.74) is 4.85. The summed E-state index contributed by atoms with van der Waals surface area (Å²) in [5.74, 6) is -8.34. The highest BCUT2D eigenvalue weighted by molar-refractivity contribution is 6.19. The van der Waals surface area contributed by atoms with Crippen molar-refractivity contribution in [1.29, 1.82) is 0 Å². The lowest BCUT2D eigenvalue weighted by Gasteiger charge is -2.35. The summed E-state index contributed by atoms with van der Waals surface area (Å²) < 4.78 is 63.5. The Labute approximate surface area is 198 Å². The van der Waals surface area contributed by atoms with Gasteiger partial charge in [-0.15, -0.1) is 0 Å². The maximum atomic E-state index is 14.9. The van der Waals surface area contributed by atoms with E-state index in [1.54, 1.807) is 0 Å². The summed E-state index contributed by atoms with van der Waals surface area (Å²) in [6.45, 7) is 0.286. The molecular formula is C23H25F3N2O7. The van der Waals surface area contributed by atoms with E-state index in [1.165, 1.54) is 24.1 Å². The van der Waals surface area contributed by atoms with E-state index in [9.17, 15) is 27.6 Å². The molecule has 1 saturated heterocycles. The molecule has 1 amide bonds. The number of nitrogens with two attached hydrogens (primary N) is 1. The molecule has 12 heteroatoms. The fourth-order valence-electron chi connectivity index (χ4n) is 4.50. The van der Waals surface area contributed by atoms with E-state index in [2.05, 4.69) is 0 Å². The van der Waals surface area contributed by atoms with E-state index in [1.807, 2.05) is 0 Å². The lowest BCUT2D eigenvalue weighted by molar-refractivity contribution is -0.271. The number of nitrogens with zero attached hydrogens (tertiary/aromatic N) is 1. The summed E-state index contributed by atoms with van der Waals surface area (Å²) in [7, 11) is 1.37. The quantitative estimate of drug-likeness (QED) is 0.470. The zero-order valence-electron chi connectivity index (χ0n) is 19.0. The Balaban J connectivity index is 1.53. The second-order valence-corrected chi connectivity index (χ2v) is 8.74. The van der Waals surface area contributed by atoms with Crippen molar-refractivity contribution >= 4 is 17.8 Å². The van der Waals surface area contributed by atoms with Crippen LogP contribution in [-0.4, -0.2) is 54.3 Å². The Hall–Kier alpha value is -3.28. The number of benzene rings is 1. The van der Waals surface area contributed by atoms with E-state index in [-0.39, 0.29) is 50.1 Å². The van der Waals surface area contributed by atoms with Crippen molar-refractivity contribution < 1.29 is 46.5 Å². The number of ether oxygens (including phenoxy) is 4. The van der Waals surface area contributed by atoms with E-state index in [0.29, 0.717) is 24.6 Å². The monoisotopic (exact) mass is 498 g/mol. The molecule has 1 atom stereocenters. The molecule has 0 aromatic heterocycles. The van der Waals surface area contributed by atoms with Crippen LogP contribution in [0.25, 0.3) is 0 Å². The lowest BCUT2D eigenvalue weighted by Crippen LogP contribution is -2.49. The van der Waals surface area contributed by atoms with Crippen LogP contribution >= 0.6 is 0 Å². The van der Waals surface area contributed by atoms with Gasteiger partial charge in [-0.1, -0.05) is 0 Å². The Morgan fingerprint density at radius 3 is 2.54 bits per heavy atom. The fraction of sp³-hybridized carbons (Fsp3) is 0.522. The van der Waals surface area contributed by atoms with Crippen LogP contribution in [0.1, 0.15) is 44.1 Å². The number of amides is 1. The van der Waals surface area contributed by atoms with Crippen molar-refractivity contribution in [1.82, 2.24) is 4.90 Å². The van der Waals surface area contributed by atoms with Crippen LogP contribution in [-0.2, 0) is 30.4 Å². The average molecular weight is 498 g/mol. The molecule has 1 aromatic rings. The normalized spacial score (nSPS) is 25.0. The molecule has 2 N–H and O–H groups in total. The van der Waals surface area contributed by atoms with Crippen LogP contribution in [0.15, 0.2) is 23.8 Å². The number of rotatable bonds is 6. The molecule has 1 spiro atoms. The van der Waals surface area contributed by atoms with Crippen LogP contribution in [0.4, 0.5) is 13.2 Å². The summed E-state index contributed by atoms with van der Waals surface area (Å²) >= 11 is 0. The number of esters is 2. The summed E-state index contributed by atoms with van der Waals surface area (Å²) in [6, 6.07) is 2.50. The average Bonchev–Trinajstić information content (AvgIpc) is 3.09. The highest BCUT2D eigenvalue weighted by Gasteiger charge is 2.51. The smallest absolute Gasteiger partial charge is 0.348 e. The second kappa shape index (κ2) is 9.40. The number of carbonyl (C=O) groups excluding carboxylic acids is 3. The van der Waals surface area contributed by atoms with Crippen molar-refractivity contribution in [2.75, 3.05) is 13.7 Å². The number of halogens is 3. The lowest BCUT2D eigenvalue weighted by atomic mass is 9.94. The predicted molar refractivity (Wildman–Crippen MR) is 113 cm³/mol. The fourth-order valence-corrected chi connectivity index (χ4v) is 4.50. The zero-order chi connectivity index (χ0) is 25.4. The third kappa shape index (κ3) is 5.21. The molecule has 9 nitrogen and oxygen atoms in total. The number of carbonyl (C=O) groups is 3. The SMILES string of the molecule is COc1cc(OC2CCC(F)(F)CC2)c(F)cc1CN1CCCC12OC(=O)C=C(C(N)=O)C(=O)O2. The summed E-state index contributed by atoms with van der Waals surface area (Å²) in [6.07, 6.45) is 0.301. The molecule has 2 fully saturated rings. The van der Waals surface area contributed by atoms with Crippen LogP contribution < -0.4 is 15.2 Å². The van der Waals surface area contributed by atoms with E-state index < -0.39 is 47.2 Å². The Kier molecular flexibility index (Phi) is 6.67. The maximum Gasteiger partial charge on any atom is 0.348 e. The maximum absolute atomic E-state index is 14.9. The van der Waals surface area contributed by atoms with E-state index in [4.69, 9.17) is 24.7 Å². The Morgan fingerprint density at radius 1 is 1.17 bits per heavy atom. The minimum atomic E-state index is -2.73. The third-order valence-corrected chi connectivity index (χ3v) is 6.32. The minimum absolute atomic E-state index is 0.0392. The molecule has 0 bridgehead atoms. The highest BCUT2D eigenvalue weighted by atomic mass is 19.3. The van der Waals surface area contributed by atoms with E-state index in [0.717, 1.165) is 0 Å². The Morgan fingerprint density at radius 2 is 1.89 bits per heavy atom. The number of methoxy groups -OCH3 is 1. The van der Waals surface area contributed by atoms with Crippen molar-refractivity contribution in [3.63, 3.8) is 0 Å². The summed E-state index contributed by atoms with van der Waals surface area (Å²) in [4.78, 5) is 37.7. The molecule has 190 valence electrons. The molecule has 1 saturated carbocycles. The van der Waals surface area contributed by atoms with Gasteiger partial charge in [-0.2, -0.15) is 0 Å². The summed E-state index contributed by atoms with van der Waals surface area (Å²) in [5, 5.41) is 0. The molecule has 3 aliphatic rings. The predicted octanol–water partition coefficient (Wildman–Crippen LogP) is 2.55. The number of hydrogen-bond donors (Lipinski definition) is 1. The Bertz CT molecular complexity index is 1070. The van der Waals surface area contributed by atoms with Crippen molar-refractivity contribution in [2.45, 2.75) is 63.0 Å². The molecule has 35 heavy (non-hydrogen) atoms. The topological polar surface area (TPSA) is 117 Å². The third-order valence-electron chi connectivity index (χ3n) is 6.32. The van der Waals surface area contributed by atoms with Gasteiger partial charge in [-0.3, -0.25) is 4.79 Å². The first-order valence-electron chi connectivity index (χ1n) is 11.2. The van der Waals surface area contributed by atoms with Crippen LogP contribution in [0.5, 0.6) is 11.5 Å². The van der Waals surface area contributed by atoms with Gasteiger partial charge in [0.15, 0.2) is 11.6 Å². The first-order chi connectivity index (χ1) is 16.5. The molecule has 2 heterocycles. The first-order valence-corrected chi connectivity index (χ1v) is 11.2. The van der Waals surface area contributed by atoms with Gasteiger partial charge in [0.05, 0.1) is 13.2 Å². The van der Waals surface area contributed by atoms with Gasteiger partial charge in [-0.25, -0.2) is 27.7 Å². The molecule has 1 unspecified atom stereocenters. The van der Waals surface area contributed by atoms with Crippen LogP contribution in [0.3, 0.4) is 0 Å². The number of alkyl halides is 2. The highest BCUT2D eigenvalue weighted by Crippen LogP contribution is 2.39. The van der Waals surface area contributed by atoms with Crippen LogP contribution in [0.2, 0.25) is 0 Å². The van der Waals surface area contributed by atoms with Crippen molar-refractivity contribution in [2.24, 2.45) is 5.73 Å². The van der Waals surface area contributed by atoms with E-state index >= 15 is 0 Å². The van der Waals surface area contributed by atoms with Gasteiger partial charge < -0.3 is 24.7 Å². The molecular weight excluding hydrogens is 473 g/mol. The molecule has 1 aliphatic carbocycles. The molecule has 4 rings (SSSR count). The van der Waals surface area contributed by atoms with Gasteiger partial charge in [-0.05, 0) is 25.3 Å². The van der Waals surface area contributed by atoms with Crippen LogP contribution in [0, 0.1) is 5.82 Å². The molecule has 2 aliphatic heterocycles. The zero-order valence-corrected chi connectivity index (χ0v) is 19.0. The van der Waals surface area contributed by atoms with Gasteiger partial charge in [0.2, 0.25) is 5.92 Å². The number of likely N-dealkylation sites (tertiary alicyclic amines) is 1. The van der Waals surface area contributed by atoms with Gasteiger partial charge in [0, 0.05) is 50.1 Å². The number of hydrogen-bond acceptors (Lipinski definition) is 8. The van der Waals surface area contributed by atoms with Gasteiger partial charge in [0.25, 0.3) is 5.91 Å². The first kappa shape index (κ1) is 24.8. The standard InChI is InChI=1S/C23H25F3N2O7/c1-32-17-11-18(33-14-3-6-22(25,26)7-4-14)16(24)9-13(17)12-28-8-2-5-23(28)34-19(29)10-15(20(27)30)21(31)35-23/h9-11,14H,2-8,12H2,1H3,(H2,27,30). The molecule has 1 aromatic carbocycles. The second-order valence-electron chi connectivity index (χ2n) is 8.74. The largest absolute Gasteiger partial charge is 0.496 e. The van der Waals surface area contributed by atoms with Gasteiger partial charge in [0.1, 0.15) is 11.3 Å². The number of primary amides is 1. The minimum Gasteiger partial charge on any atom is -0.496 e. The van der Waals surface area contributed by atoms with Gasteiger partial charge >= 0.3 is 17.8 Å². The molecule has 0 radical (unpaired) electrons. The van der Waals surface area contributed by atoms with Crippen molar-refractivity contribution in [3.8, 4) is 11.5 Å².